The van der Waals surface area contributed by atoms with Gasteiger partial charge in [-0.05, 0) is 43.2 Å². The maximum absolute atomic E-state index is 13.0. The first-order valence-corrected chi connectivity index (χ1v) is 7.37. The smallest absolute Gasteiger partial charge is 0.260 e. The SMILES string of the molecule is CC(Oc1ccccc1Cl)C(=O)NCCc1cccc(F)c1. The lowest BCUT2D eigenvalue weighted by molar-refractivity contribution is -0.127. The molecule has 1 unspecified atom stereocenters. The molecule has 2 aromatic carbocycles. The molecule has 1 atom stereocenters. The normalized spacial score (nSPS) is 11.8. The van der Waals surface area contributed by atoms with Gasteiger partial charge in [-0.15, -0.1) is 0 Å². The first-order valence-electron chi connectivity index (χ1n) is 6.99. The molecule has 1 N–H and O–H groups in total. The maximum Gasteiger partial charge on any atom is 0.260 e. The Kier molecular flexibility index (Phi) is 5.78. The van der Waals surface area contributed by atoms with E-state index in [1.54, 1.807) is 37.3 Å². The van der Waals surface area contributed by atoms with Gasteiger partial charge in [0.15, 0.2) is 6.10 Å². The van der Waals surface area contributed by atoms with Crippen LogP contribution < -0.4 is 10.1 Å². The summed E-state index contributed by atoms with van der Waals surface area (Å²) in [7, 11) is 0. The Morgan fingerprint density at radius 2 is 2.05 bits per heavy atom. The summed E-state index contributed by atoms with van der Waals surface area (Å²) in [6.45, 7) is 2.07. The number of ether oxygens (including phenoxy) is 1. The number of benzene rings is 2. The molecule has 0 radical (unpaired) electrons. The molecule has 0 aromatic heterocycles. The van der Waals surface area contributed by atoms with E-state index < -0.39 is 6.10 Å². The fourth-order valence-corrected chi connectivity index (χ4v) is 2.13. The van der Waals surface area contributed by atoms with E-state index >= 15 is 0 Å². The Hall–Kier alpha value is -2.07. The van der Waals surface area contributed by atoms with Crippen LogP contribution in [0.1, 0.15) is 12.5 Å². The molecule has 0 saturated heterocycles. The number of hydrogen-bond donors (Lipinski definition) is 1. The summed E-state index contributed by atoms with van der Waals surface area (Å²) in [4.78, 5) is 12.0. The maximum atomic E-state index is 13.0. The number of rotatable bonds is 6. The van der Waals surface area contributed by atoms with E-state index in [4.69, 9.17) is 16.3 Å². The molecule has 3 nitrogen and oxygen atoms in total. The summed E-state index contributed by atoms with van der Waals surface area (Å²) < 4.78 is 18.6. The van der Waals surface area contributed by atoms with Crippen LogP contribution >= 0.6 is 11.6 Å². The Balaban J connectivity index is 1.80. The van der Waals surface area contributed by atoms with Crippen molar-refractivity contribution in [1.82, 2.24) is 5.32 Å². The quantitative estimate of drug-likeness (QED) is 0.882. The Labute approximate surface area is 134 Å². The Morgan fingerprint density at radius 1 is 1.27 bits per heavy atom. The highest BCUT2D eigenvalue weighted by atomic mass is 35.5. The number of carbonyl (C=O) groups is 1. The van der Waals surface area contributed by atoms with Gasteiger partial charge in [0.05, 0.1) is 5.02 Å². The largest absolute Gasteiger partial charge is 0.479 e. The molecular weight excluding hydrogens is 305 g/mol. The molecule has 2 rings (SSSR count). The van der Waals surface area contributed by atoms with E-state index in [2.05, 4.69) is 5.32 Å². The van der Waals surface area contributed by atoms with Gasteiger partial charge in [-0.2, -0.15) is 0 Å². The lowest BCUT2D eigenvalue weighted by Crippen LogP contribution is -2.37. The zero-order valence-electron chi connectivity index (χ0n) is 12.2. The zero-order valence-corrected chi connectivity index (χ0v) is 12.9. The number of hydrogen-bond acceptors (Lipinski definition) is 2. The van der Waals surface area contributed by atoms with Crippen molar-refractivity contribution in [3.63, 3.8) is 0 Å². The second kappa shape index (κ2) is 7.80. The van der Waals surface area contributed by atoms with Gasteiger partial charge in [-0.25, -0.2) is 4.39 Å². The standard InChI is InChI=1S/C17H17ClFNO2/c1-12(22-16-8-3-2-7-15(16)18)17(21)20-10-9-13-5-4-6-14(19)11-13/h2-8,11-12H,9-10H2,1H3,(H,20,21). The van der Waals surface area contributed by atoms with E-state index in [9.17, 15) is 9.18 Å². The van der Waals surface area contributed by atoms with Gasteiger partial charge in [-0.1, -0.05) is 35.9 Å². The van der Waals surface area contributed by atoms with E-state index in [1.165, 1.54) is 12.1 Å². The molecular formula is C17H17ClFNO2. The van der Waals surface area contributed by atoms with Crippen LogP contribution in [0.3, 0.4) is 0 Å². The number of carbonyl (C=O) groups excluding carboxylic acids is 1. The highest BCUT2D eigenvalue weighted by Gasteiger charge is 2.15. The second-order valence-corrected chi connectivity index (χ2v) is 5.27. The number of para-hydroxylation sites is 1. The lowest BCUT2D eigenvalue weighted by Gasteiger charge is -2.15. The molecule has 116 valence electrons. The Morgan fingerprint density at radius 3 is 2.77 bits per heavy atom. The summed E-state index contributed by atoms with van der Waals surface area (Å²) in [5.41, 5.74) is 0.833. The van der Waals surface area contributed by atoms with Crippen LogP contribution in [0, 0.1) is 5.82 Å². The summed E-state index contributed by atoms with van der Waals surface area (Å²) in [6.07, 6.45) is -0.102. The minimum Gasteiger partial charge on any atom is -0.479 e. The average Bonchev–Trinajstić information content (AvgIpc) is 2.49. The topological polar surface area (TPSA) is 38.3 Å². The fraction of sp³-hybridized carbons (Fsp3) is 0.235. The Bertz CT molecular complexity index is 648. The zero-order chi connectivity index (χ0) is 15.9. The number of halogens is 2. The van der Waals surface area contributed by atoms with Crippen molar-refractivity contribution in [3.05, 3.63) is 64.9 Å². The van der Waals surface area contributed by atoms with Crippen molar-refractivity contribution in [3.8, 4) is 5.75 Å². The van der Waals surface area contributed by atoms with Crippen LogP contribution in [0.4, 0.5) is 4.39 Å². The molecule has 0 aliphatic heterocycles. The molecule has 0 fully saturated rings. The van der Waals surface area contributed by atoms with Crippen LogP contribution in [0.25, 0.3) is 0 Å². The first-order chi connectivity index (χ1) is 10.6. The minimum atomic E-state index is -0.660. The van der Waals surface area contributed by atoms with Crippen molar-refractivity contribution in [2.24, 2.45) is 0 Å². The second-order valence-electron chi connectivity index (χ2n) is 4.86. The van der Waals surface area contributed by atoms with Gasteiger partial charge >= 0.3 is 0 Å². The number of nitrogens with one attached hydrogen (secondary N) is 1. The molecule has 0 saturated carbocycles. The summed E-state index contributed by atoms with van der Waals surface area (Å²) in [6, 6.07) is 13.3. The molecule has 0 heterocycles. The van der Waals surface area contributed by atoms with Gasteiger partial charge in [0.2, 0.25) is 0 Å². The third-order valence-corrected chi connectivity index (χ3v) is 3.42. The van der Waals surface area contributed by atoms with Crippen LogP contribution in [0.2, 0.25) is 5.02 Å². The molecule has 0 aliphatic rings. The van der Waals surface area contributed by atoms with E-state index in [1.807, 2.05) is 6.07 Å². The number of amides is 1. The van der Waals surface area contributed by atoms with E-state index in [-0.39, 0.29) is 11.7 Å². The average molecular weight is 322 g/mol. The molecule has 5 heteroatoms. The van der Waals surface area contributed by atoms with Gasteiger partial charge in [0, 0.05) is 6.54 Å². The molecule has 1 amide bonds. The fourth-order valence-electron chi connectivity index (χ4n) is 1.95. The molecule has 2 aromatic rings. The molecule has 0 bridgehead atoms. The highest BCUT2D eigenvalue weighted by Crippen LogP contribution is 2.24. The van der Waals surface area contributed by atoms with Crippen LogP contribution in [0.15, 0.2) is 48.5 Å². The molecule has 22 heavy (non-hydrogen) atoms. The predicted octanol–water partition coefficient (Wildman–Crippen LogP) is 3.61. The van der Waals surface area contributed by atoms with Crippen molar-refractivity contribution < 1.29 is 13.9 Å². The van der Waals surface area contributed by atoms with Crippen LogP contribution in [0.5, 0.6) is 5.75 Å². The highest BCUT2D eigenvalue weighted by molar-refractivity contribution is 6.32. The van der Waals surface area contributed by atoms with E-state index in [0.29, 0.717) is 23.7 Å². The summed E-state index contributed by atoms with van der Waals surface area (Å²) >= 11 is 5.98. The van der Waals surface area contributed by atoms with Crippen molar-refractivity contribution in [2.45, 2.75) is 19.4 Å². The molecule has 0 spiro atoms. The van der Waals surface area contributed by atoms with Crippen LogP contribution in [-0.4, -0.2) is 18.6 Å². The van der Waals surface area contributed by atoms with Gasteiger partial charge < -0.3 is 10.1 Å². The predicted molar refractivity (Wildman–Crippen MR) is 84.7 cm³/mol. The third-order valence-electron chi connectivity index (χ3n) is 3.11. The van der Waals surface area contributed by atoms with Crippen LogP contribution in [-0.2, 0) is 11.2 Å². The summed E-state index contributed by atoms with van der Waals surface area (Å²) in [5, 5.41) is 3.22. The third kappa shape index (κ3) is 4.74. The van der Waals surface area contributed by atoms with Crippen molar-refractivity contribution in [1.29, 1.82) is 0 Å². The monoisotopic (exact) mass is 321 g/mol. The summed E-state index contributed by atoms with van der Waals surface area (Å²) in [5.74, 6) is -0.0486. The lowest BCUT2D eigenvalue weighted by atomic mass is 10.1. The van der Waals surface area contributed by atoms with E-state index in [0.717, 1.165) is 5.56 Å². The first kappa shape index (κ1) is 16.3. The van der Waals surface area contributed by atoms with Gasteiger partial charge in [0.25, 0.3) is 5.91 Å². The van der Waals surface area contributed by atoms with Crippen molar-refractivity contribution in [2.75, 3.05) is 6.54 Å². The van der Waals surface area contributed by atoms with Gasteiger partial charge in [0.1, 0.15) is 11.6 Å². The molecule has 0 aliphatic carbocycles. The minimum absolute atomic E-state index is 0.240. The van der Waals surface area contributed by atoms with Gasteiger partial charge in [-0.3, -0.25) is 4.79 Å². The van der Waals surface area contributed by atoms with Crippen molar-refractivity contribution >= 4 is 17.5 Å².